The van der Waals surface area contributed by atoms with Crippen molar-refractivity contribution in [3.8, 4) is 5.75 Å². The van der Waals surface area contributed by atoms with Crippen molar-refractivity contribution in [1.29, 1.82) is 0 Å². The minimum Gasteiger partial charge on any atom is -0.489 e. The first-order chi connectivity index (χ1) is 7.31. The standard InChI is InChI=1S/C11H7ClO3/c12-11-8(5-13)7-2-1-6-3-4-14-9(6)10(7)15-11/h1-2,5H,3-4H2. The fourth-order valence-electron chi connectivity index (χ4n) is 1.90. The van der Waals surface area contributed by atoms with Crippen molar-refractivity contribution in [2.75, 3.05) is 6.61 Å². The van der Waals surface area contributed by atoms with E-state index in [1.165, 1.54) is 0 Å². The SMILES string of the molecule is O=Cc1c(Cl)oc2c3c(ccc12)CCO3. The molecule has 0 fully saturated rings. The first kappa shape index (κ1) is 8.80. The van der Waals surface area contributed by atoms with E-state index in [0.29, 0.717) is 24.0 Å². The Balaban J connectivity index is 2.43. The van der Waals surface area contributed by atoms with Gasteiger partial charge in [0.25, 0.3) is 0 Å². The zero-order valence-corrected chi connectivity index (χ0v) is 8.50. The van der Waals surface area contributed by atoms with Gasteiger partial charge >= 0.3 is 0 Å². The number of carbonyl (C=O) groups excluding carboxylic acids is 1. The number of rotatable bonds is 1. The lowest BCUT2D eigenvalue weighted by atomic mass is 10.1. The molecule has 0 saturated carbocycles. The van der Waals surface area contributed by atoms with Gasteiger partial charge in [0.1, 0.15) is 0 Å². The molecule has 3 rings (SSSR count). The van der Waals surface area contributed by atoms with Crippen LogP contribution in [0.25, 0.3) is 11.0 Å². The van der Waals surface area contributed by atoms with E-state index in [-0.39, 0.29) is 5.22 Å². The second-order valence-corrected chi connectivity index (χ2v) is 3.78. The van der Waals surface area contributed by atoms with Gasteiger partial charge in [-0.15, -0.1) is 0 Å². The summed E-state index contributed by atoms with van der Waals surface area (Å²) in [5, 5.41) is 0.847. The van der Waals surface area contributed by atoms with E-state index in [1.807, 2.05) is 12.1 Å². The summed E-state index contributed by atoms with van der Waals surface area (Å²) in [4.78, 5) is 10.8. The van der Waals surface area contributed by atoms with E-state index >= 15 is 0 Å². The molecule has 1 aromatic carbocycles. The van der Waals surface area contributed by atoms with E-state index in [9.17, 15) is 4.79 Å². The molecule has 2 heterocycles. The van der Waals surface area contributed by atoms with Gasteiger partial charge in [-0.3, -0.25) is 4.79 Å². The molecule has 15 heavy (non-hydrogen) atoms. The number of hydrogen-bond acceptors (Lipinski definition) is 3. The summed E-state index contributed by atoms with van der Waals surface area (Å²) in [6.07, 6.45) is 1.58. The first-order valence-electron chi connectivity index (χ1n) is 4.63. The lowest BCUT2D eigenvalue weighted by molar-refractivity contribution is 0.112. The fourth-order valence-corrected chi connectivity index (χ4v) is 2.12. The van der Waals surface area contributed by atoms with Crippen LogP contribution in [0.2, 0.25) is 5.22 Å². The highest BCUT2D eigenvalue weighted by atomic mass is 35.5. The van der Waals surface area contributed by atoms with Crippen LogP contribution in [0.1, 0.15) is 15.9 Å². The van der Waals surface area contributed by atoms with Crippen LogP contribution in [0.15, 0.2) is 16.5 Å². The summed E-state index contributed by atoms with van der Waals surface area (Å²) in [7, 11) is 0. The van der Waals surface area contributed by atoms with Crippen LogP contribution in [0, 0.1) is 0 Å². The Kier molecular flexibility index (Phi) is 1.76. The van der Waals surface area contributed by atoms with Gasteiger partial charge in [0.15, 0.2) is 17.6 Å². The third-order valence-corrected chi connectivity index (χ3v) is 2.90. The van der Waals surface area contributed by atoms with E-state index in [4.69, 9.17) is 20.8 Å². The third kappa shape index (κ3) is 1.10. The first-order valence-corrected chi connectivity index (χ1v) is 5.01. The van der Waals surface area contributed by atoms with Crippen LogP contribution in [-0.4, -0.2) is 12.9 Å². The van der Waals surface area contributed by atoms with Crippen LogP contribution in [0.5, 0.6) is 5.75 Å². The minimum atomic E-state index is 0.129. The third-order valence-electron chi connectivity index (χ3n) is 2.62. The molecular formula is C11H7ClO3. The van der Waals surface area contributed by atoms with Gasteiger partial charge in [-0.25, -0.2) is 0 Å². The van der Waals surface area contributed by atoms with E-state index < -0.39 is 0 Å². The normalized spacial score (nSPS) is 13.9. The molecule has 0 radical (unpaired) electrons. The Morgan fingerprint density at radius 3 is 3.07 bits per heavy atom. The number of aldehydes is 1. The van der Waals surface area contributed by atoms with Gasteiger partial charge in [0, 0.05) is 17.4 Å². The van der Waals surface area contributed by atoms with Crippen LogP contribution in [0.4, 0.5) is 0 Å². The molecule has 1 aliphatic rings. The molecule has 0 amide bonds. The van der Waals surface area contributed by atoms with Gasteiger partial charge in [0.05, 0.1) is 12.2 Å². The number of halogens is 1. The molecule has 3 nitrogen and oxygen atoms in total. The Morgan fingerprint density at radius 1 is 1.40 bits per heavy atom. The maximum absolute atomic E-state index is 10.8. The molecule has 76 valence electrons. The topological polar surface area (TPSA) is 39.4 Å². The Labute approximate surface area is 90.6 Å². The summed E-state index contributed by atoms with van der Waals surface area (Å²) in [5.74, 6) is 0.725. The van der Waals surface area contributed by atoms with E-state index in [0.717, 1.165) is 23.1 Å². The Bertz CT molecular complexity index is 556. The molecule has 0 bridgehead atoms. The number of furan rings is 1. The molecule has 0 N–H and O–H groups in total. The average Bonchev–Trinajstić information content (AvgIpc) is 2.79. The van der Waals surface area contributed by atoms with E-state index in [1.54, 1.807) is 0 Å². The molecule has 0 unspecified atom stereocenters. The van der Waals surface area contributed by atoms with Gasteiger partial charge in [-0.05, 0) is 17.7 Å². The van der Waals surface area contributed by atoms with E-state index in [2.05, 4.69) is 0 Å². The monoisotopic (exact) mass is 222 g/mol. The molecule has 2 aromatic rings. The van der Waals surface area contributed by atoms with Gasteiger partial charge < -0.3 is 9.15 Å². The maximum Gasteiger partial charge on any atom is 0.205 e. The highest BCUT2D eigenvalue weighted by molar-refractivity contribution is 6.33. The highest BCUT2D eigenvalue weighted by Crippen LogP contribution is 2.39. The molecule has 0 atom stereocenters. The molecule has 0 aliphatic carbocycles. The zero-order chi connectivity index (χ0) is 10.4. The lowest BCUT2D eigenvalue weighted by Gasteiger charge is -1.98. The van der Waals surface area contributed by atoms with Crippen molar-refractivity contribution in [2.24, 2.45) is 0 Å². The summed E-state index contributed by atoms with van der Waals surface area (Å²) in [6.45, 7) is 0.656. The predicted octanol–water partition coefficient (Wildman–Crippen LogP) is 2.83. The van der Waals surface area contributed by atoms with Gasteiger partial charge in [0.2, 0.25) is 5.22 Å². The van der Waals surface area contributed by atoms with Gasteiger partial charge in [-0.1, -0.05) is 6.07 Å². The maximum atomic E-state index is 10.8. The smallest absolute Gasteiger partial charge is 0.205 e. The number of carbonyl (C=O) groups is 1. The molecule has 4 heteroatoms. The van der Waals surface area contributed by atoms with Crippen molar-refractivity contribution in [3.05, 3.63) is 28.5 Å². The summed E-state index contributed by atoms with van der Waals surface area (Å²) in [5.41, 5.74) is 2.08. The Morgan fingerprint density at radius 2 is 2.27 bits per heavy atom. The predicted molar refractivity (Wildman–Crippen MR) is 55.8 cm³/mol. The quantitative estimate of drug-likeness (QED) is 0.697. The average molecular weight is 223 g/mol. The number of hydrogen-bond donors (Lipinski definition) is 0. The summed E-state index contributed by atoms with van der Waals surface area (Å²) < 4.78 is 10.8. The summed E-state index contributed by atoms with van der Waals surface area (Å²) >= 11 is 5.82. The highest BCUT2D eigenvalue weighted by Gasteiger charge is 2.21. The van der Waals surface area contributed by atoms with Crippen LogP contribution in [-0.2, 0) is 6.42 Å². The number of ether oxygens (including phenoxy) is 1. The number of benzene rings is 1. The molecule has 0 saturated heterocycles. The van der Waals surface area contributed by atoms with Crippen molar-refractivity contribution in [3.63, 3.8) is 0 Å². The molecule has 1 aliphatic heterocycles. The molecule has 1 aromatic heterocycles. The van der Waals surface area contributed by atoms with Crippen molar-refractivity contribution in [1.82, 2.24) is 0 Å². The fraction of sp³-hybridized carbons (Fsp3) is 0.182. The summed E-state index contributed by atoms with van der Waals surface area (Å²) in [6, 6.07) is 3.80. The molecule has 0 spiro atoms. The largest absolute Gasteiger partial charge is 0.489 e. The second kappa shape index (κ2) is 3.00. The zero-order valence-electron chi connectivity index (χ0n) is 7.75. The Hall–Kier alpha value is -1.48. The number of fused-ring (bicyclic) bond motifs is 3. The van der Waals surface area contributed by atoms with Crippen molar-refractivity contribution < 1.29 is 13.9 Å². The van der Waals surface area contributed by atoms with Crippen LogP contribution in [0.3, 0.4) is 0 Å². The van der Waals surface area contributed by atoms with Crippen molar-refractivity contribution in [2.45, 2.75) is 6.42 Å². The van der Waals surface area contributed by atoms with Crippen LogP contribution < -0.4 is 4.74 Å². The minimum absolute atomic E-state index is 0.129. The van der Waals surface area contributed by atoms with Crippen LogP contribution >= 0.6 is 11.6 Å². The second-order valence-electron chi connectivity index (χ2n) is 3.44. The lowest BCUT2D eigenvalue weighted by Crippen LogP contribution is -1.86. The van der Waals surface area contributed by atoms with Gasteiger partial charge in [-0.2, -0.15) is 0 Å². The van der Waals surface area contributed by atoms with Crippen molar-refractivity contribution >= 4 is 28.9 Å². The molecular weight excluding hydrogens is 216 g/mol.